The fourth-order valence-corrected chi connectivity index (χ4v) is 3.83. The molecule has 1 heterocycles. The molecule has 10 heteroatoms. The van der Waals surface area contributed by atoms with Crippen LogP contribution >= 0.6 is 22.9 Å². The first-order valence-corrected chi connectivity index (χ1v) is 10.6. The molecule has 0 aliphatic heterocycles. The van der Waals surface area contributed by atoms with Crippen molar-refractivity contribution in [2.24, 2.45) is 0 Å². The van der Waals surface area contributed by atoms with Crippen LogP contribution in [0.2, 0.25) is 5.02 Å². The first kappa shape index (κ1) is 23.1. The lowest BCUT2D eigenvalue weighted by atomic mass is 9.98. The van der Waals surface area contributed by atoms with Crippen molar-refractivity contribution >= 4 is 46.3 Å². The van der Waals surface area contributed by atoms with E-state index in [0.717, 1.165) is 10.9 Å². The highest BCUT2D eigenvalue weighted by atomic mass is 35.5. The van der Waals surface area contributed by atoms with Crippen molar-refractivity contribution < 1.29 is 24.0 Å². The number of carbonyl (C=O) groups is 3. The van der Waals surface area contributed by atoms with Crippen molar-refractivity contribution in [1.82, 2.24) is 5.32 Å². The zero-order chi connectivity index (χ0) is 23.3. The van der Waals surface area contributed by atoms with Gasteiger partial charge in [0.05, 0.1) is 16.5 Å². The number of carbonyl (C=O) groups excluding carboxylic acids is 3. The highest BCUT2D eigenvalue weighted by Crippen LogP contribution is 2.27. The summed E-state index contributed by atoms with van der Waals surface area (Å²) in [7, 11) is 0. The number of benzene rings is 2. The van der Waals surface area contributed by atoms with Gasteiger partial charge in [0.2, 0.25) is 0 Å². The molecule has 1 amide bonds. The lowest BCUT2D eigenvalue weighted by molar-refractivity contribution is -0.384. The number of esters is 1. The minimum Gasteiger partial charge on any atom is -0.452 e. The molecule has 8 nitrogen and oxygen atoms in total. The van der Waals surface area contributed by atoms with Crippen LogP contribution in [0.25, 0.3) is 0 Å². The highest BCUT2D eigenvalue weighted by molar-refractivity contribution is 7.10. The number of amides is 1. The van der Waals surface area contributed by atoms with E-state index in [9.17, 15) is 24.5 Å². The molecule has 1 unspecified atom stereocenters. The Morgan fingerprint density at radius 2 is 1.84 bits per heavy atom. The summed E-state index contributed by atoms with van der Waals surface area (Å²) in [5, 5.41) is 15.6. The largest absolute Gasteiger partial charge is 0.452 e. The van der Waals surface area contributed by atoms with Gasteiger partial charge in [-0.3, -0.25) is 19.7 Å². The molecule has 1 atom stereocenters. The monoisotopic (exact) mass is 472 g/mol. The summed E-state index contributed by atoms with van der Waals surface area (Å²) < 4.78 is 5.09. The standard InChI is InChI=1S/C22H17ClN2O6S/c1-13(19-7-4-10-32-19)24-20(26)12-31-22(28)16-6-3-2-5-15(16)21(27)14-8-9-17(23)18(11-14)25(29)30/h2-11,13H,12H2,1H3,(H,24,26). The third-order valence-electron chi connectivity index (χ3n) is 4.48. The summed E-state index contributed by atoms with van der Waals surface area (Å²) in [5.74, 6) is -1.97. The summed E-state index contributed by atoms with van der Waals surface area (Å²) in [4.78, 5) is 49.0. The van der Waals surface area contributed by atoms with E-state index in [1.165, 1.54) is 41.7 Å². The van der Waals surface area contributed by atoms with E-state index in [1.807, 2.05) is 24.4 Å². The Labute approximate surface area is 191 Å². The molecule has 1 N–H and O–H groups in total. The average Bonchev–Trinajstić information content (AvgIpc) is 3.32. The predicted molar refractivity (Wildman–Crippen MR) is 119 cm³/mol. The number of hydrogen-bond donors (Lipinski definition) is 1. The molecule has 0 radical (unpaired) electrons. The zero-order valence-electron chi connectivity index (χ0n) is 16.7. The van der Waals surface area contributed by atoms with E-state index in [-0.39, 0.29) is 27.8 Å². The normalized spacial score (nSPS) is 11.4. The van der Waals surface area contributed by atoms with Crippen molar-refractivity contribution in [3.05, 3.63) is 96.7 Å². The third kappa shape index (κ3) is 5.37. The van der Waals surface area contributed by atoms with Crippen LogP contribution in [-0.2, 0) is 9.53 Å². The maximum Gasteiger partial charge on any atom is 0.339 e. The molecular weight excluding hydrogens is 456 g/mol. The molecule has 0 spiro atoms. The molecule has 1 aromatic heterocycles. The van der Waals surface area contributed by atoms with Crippen LogP contribution in [0, 0.1) is 10.1 Å². The van der Waals surface area contributed by atoms with Crippen LogP contribution in [-0.4, -0.2) is 29.2 Å². The number of ketones is 1. The summed E-state index contributed by atoms with van der Waals surface area (Å²) in [6, 6.07) is 13.0. The molecule has 0 bridgehead atoms. The van der Waals surface area contributed by atoms with Gasteiger partial charge in [0.25, 0.3) is 11.6 Å². The maximum atomic E-state index is 12.9. The SMILES string of the molecule is CC(NC(=O)COC(=O)c1ccccc1C(=O)c1ccc(Cl)c([N+](=O)[O-])c1)c1cccs1. The Kier molecular flexibility index (Phi) is 7.34. The van der Waals surface area contributed by atoms with E-state index in [1.54, 1.807) is 6.07 Å². The van der Waals surface area contributed by atoms with Gasteiger partial charge in [0, 0.05) is 22.1 Å². The molecule has 0 fully saturated rings. The number of halogens is 1. The quantitative estimate of drug-likeness (QED) is 0.222. The molecule has 0 aliphatic carbocycles. The fourth-order valence-electron chi connectivity index (χ4n) is 2.91. The average molecular weight is 473 g/mol. The molecule has 3 aromatic rings. The summed E-state index contributed by atoms with van der Waals surface area (Å²) in [6.07, 6.45) is 0. The smallest absolute Gasteiger partial charge is 0.339 e. The van der Waals surface area contributed by atoms with E-state index in [0.29, 0.717) is 0 Å². The van der Waals surface area contributed by atoms with Crippen LogP contribution in [0.3, 0.4) is 0 Å². The zero-order valence-corrected chi connectivity index (χ0v) is 18.3. The summed E-state index contributed by atoms with van der Waals surface area (Å²) in [5.41, 5.74) is -0.506. The maximum absolute atomic E-state index is 12.9. The Balaban J connectivity index is 1.72. The number of nitro groups is 1. The molecule has 32 heavy (non-hydrogen) atoms. The van der Waals surface area contributed by atoms with Gasteiger partial charge in [-0.15, -0.1) is 11.3 Å². The van der Waals surface area contributed by atoms with Gasteiger partial charge in [-0.25, -0.2) is 4.79 Å². The van der Waals surface area contributed by atoms with Crippen LogP contribution in [0.15, 0.2) is 60.0 Å². The van der Waals surface area contributed by atoms with Crippen LogP contribution < -0.4 is 5.32 Å². The van der Waals surface area contributed by atoms with Gasteiger partial charge in [-0.05, 0) is 36.6 Å². The molecule has 0 saturated heterocycles. The number of nitrogens with zero attached hydrogens (tertiary/aromatic N) is 1. The van der Waals surface area contributed by atoms with E-state index in [2.05, 4.69) is 5.32 Å². The number of thiophene rings is 1. The minimum atomic E-state index is -0.865. The molecule has 0 aliphatic rings. The number of ether oxygens (including phenoxy) is 1. The Morgan fingerprint density at radius 3 is 2.50 bits per heavy atom. The molecule has 0 saturated carbocycles. The topological polar surface area (TPSA) is 116 Å². The Hall–Kier alpha value is -3.56. The van der Waals surface area contributed by atoms with E-state index < -0.39 is 34.9 Å². The van der Waals surface area contributed by atoms with Gasteiger partial charge in [-0.1, -0.05) is 35.9 Å². The highest BCUT2D eigenvalue weighted by Gasteiger charge is 2.23. The van der Waals surface area contributed by atoms with Gasteiger partial charge < -0.3 is 10.1 Å². The lowest BCUT2D eigenvalue weighted by Gasteiger charge is -2.13. The second kappa shape index (κ2) is 10.2. The van der Waals surface area contributed by atoms with Crippen molar-refractivity contribution in [2.45, 2.75) is 13.0 Å². The number of hydrogen-bond acceptors (Lipinski definition) is 7. The molecule has 164 valence electrons. The lowest BCUT2D eigenvalue weighted by Crippen LogP contribution is -2.31. The van der Waals surface area contributed by atoms with Gasteiger partial charge >= 0.3 is 5.97 Å². The number of nitrogens with one attached hydrogen (secondary N) is 1. The van der Waals surface area contributed by atoms with Crippen molar-refractivity contribution in [1.29, 1.82) is 0 Å². The number of rotatable bonds is 8. The fraction of sp³-hybridized carbons (Fsp3) is 0.136. The van der Waals surface area contributed by atoms with Crippen molar-refractivity contribution in [2.75, 3.05) is 6.61 Å². The van der Waals surface area contributed by atoms with Crippen LogP contribution in [0.1, 0.15) is 44.1 Å². The second-order valence-electron chi connectivity index (χ2n) is 6.68. The van der Waals surface area contributed by atoms with Gasteiger partial charge in [0.15, 0.2) is 12.4 Å². The van der Waals surface area contributed by atoms with Crippen molar-refractivity contribution in [3.8, 4) is 0 Å². The van der Waals surface area contributed by atoms with Crippen LogP contribution in [0.4, 0.5) is 5.69 Å². The van der Waals surface area contributed by atoms with Gasteiger partial charge in [-0.2, -0.15) is 0 Å². The van der Waals surface area contributed by atoms with Crippen LogP contribution in [0.5, 0.6) is 0 Å². The molecule has 3 rings (SSSR count). The summed E-state index contributed by atoms with van der Waals surface area (Å²) in [6.45, 7) is 1.29. The first-order valence-electron chi connectivity index (χ1n) is 9.35. The Morgan fingerprint density at radius 1 is 1.12 bits per heavy atom. The Bertz CT molecular complexity index is 1180. The van der Waals surface area contributed by atoms with Crippen molar-refractivity contribution in [3.63, 3.8) is 0 Å². The summed E-state index contributed by atoms with van der Waals surface area (Å²) >= 11 is 7.29. The second-order valence-corrected chi connectivity index (χ2v) is 8.07. The first-order chi connectivity index (χ1) is 15.3. The number of nitro benzene ring substituents is 1. The van der Waals surface area contributed by atoms with Gasteiger partial charge in [0.1, 0.15) is 5.02 Å². The minimum absolute atomic E-state index is 0.0103. The van der Waals surface area contributed by atoms with E-state index >= 15 is 0 Å². The third-order valence-corrected chi connectivity index (χ3v) is 5.85. The molecule has 2 aromatic carbocycles. The predicted octanol–water partition coefficient (Wildman–Crippen LogP) is 4.57. The molecular formula is C22H17ClN2O6S. The van der Waals surface area contributed by atoms with E-state index in [4.69, 9.17) is 16.3 Å².